The van der Waals surface area contributed by atoms with Crippen LogP contribution >= 0.6 is 11.8 Å². The van der Waals surface area contributed by atoms with Crippen LogP contribution in [0.25, 0.3) is 0 Å². The number of benzene rings is 2. The molecule has 0 radical (unpaired) electrons. The third kappa shape index (κ3) is 5.42. The molecule has 1 fully saturated rings. The van der Waals surface area contributed by atoms with Crippen molar-refractivity contribution in [2.45, 2.75) is 30.3 Å². The molecule has 1 aliphatic rings. The number of hydrogen-bond acceptors (Lipinski definition) is 5. The Bertz CT molecular complexity index is 790. The molecule has 0 bridgehead atoms. The Labute approximate surface area is 170 Å². The molecule has 2 aromatic carbocycles. The number of ether oxygens (including phenoxy) is 3. The van der Waals surface area contributed by atoms with Crippen molar-refractivity contribution in [2.75, 3.05) is 33.1 Å². The van der Waals surface area contributed by atoms with Crippen LogP contribution in [-0.4, -0.2) is 45.1 Å². The molecule has 5 nitrogen and oxygen atoms in total. The van der Waals surface area contributed by atoms with Crippen molar-refractivity contribution < 1.29 is 19.0 Å². The van der Waals surface area contributed by atoms with E-state index in [1.54, 1.807) is 26.0 Å². The minimum absolute atomic E-state index is 0.0454. The van der Waals surface area contributed by atoms with Crippen LogP contribution < -0.4 is 14.8 Å². The zero-order chi connectivity index (χ0) is 19.8. The van der Waals surface area contributed by atoms with E-state index in [1.165, 1.54) is 0 Å². The molecule has 6 heteroatoms. The Hall–Kier alpha value is -2.18. The average molecular weight is 402 g/mol. The molecule has 3 rings (SSSR count). The second kappa shape index (κ2) is 10.4. The smallest absolute Gasteiger partial charge is 0.252 e. The van der Waals surface area contributed by atoms with Crippen LogP contribution in [0.15, 0.2) is 47.4 Å². The van der Waals surface area contributed by atoms with Crippen molar-refractivity contribution in [3.8, 4) is 11.5 Å². The lowest BCUT2D eigenvalue weighted by Crippen LogP contribution is -2.26. The predicted octanol–water partition coefficient (Wildman–Crippen LogP) is 3.95. The number of amides is 1. The van der Waals surface area contributed by atoms with Gasteiger partial charge in [0.2, 0.25) is 0 Å². The highest BCUT2D eigenvalue weighted by Gasteiger charge is 2.17. The Balaban J connectivity index is 1.54. The Morgan fingerprint density at radius 3 is 2.75 bits per heavy atom. The van der Waals surface area contributed by atoms with Crippen LogP contribution in [0, 0.1) is 0 Å². The molecule has 0 unspecified atom stereocenters. The molecule has 1 amide bonds. The fourth-order valence-electron chi connectivity index (χ4n) is 3.19. The first kappa shape index (κ1) is 20.6. The molecule has 1 heterocycles. The second-order valence-corrected chi connectivity index (χ2v) is 7.70. The van der Waals surface area contributed by atoms with Gasteiger partial charge >= 0.3 is 0 Å². The maximum absolute atomic E-state index is 12.7. The third-order valence-corrected chi connectivity index (χ3v) is 5.93. The fourth-order valence-corrected chi connectivity index (χ4v) is 4.31. The monoisotopic (exact) mass is 401 g/mol. The average Bonchev–Trinajstić information content (AvgIpc) is 3.26. The largest absolute Gasteiger partial charge is 0.493 e. The molecule has 0 spiro atoms. The van der Waals surface area contributed by atoms with E-state index >= 15 is 0 Å². The van der Waals surface area contributed by atoms with Gasteiger partial charge in [0, 0.05) is 23.8 Å². The number of carbonyl (C=O) groups excluding carboxylic acids is 1. The predicted molar refractivity (Wildman–Crippen MR) is 112 cm³/mol. The SMILES string of the molecule is COc1ccc(CCNC(=O)c2ccccc2SC[C@H]2CCCO2)cc1OC. The number of rotatable bonds is 9. The van der Waals surface area contributed by atoms with Gasteiger partial charge in [-0.15, -0.1) is 11.8 Å². The van der Waals surface area contributed by atoms with E-state index in [1.807, 2.05) is 42.5 Å². The summed E-state index contributed by atoms with van der Waals surface area (Å²) < 4.78 is 16.3. The lowest BCUT2D eigenvalue weighted by atomic mass is 10.1. The van der Waals surface area contributed by atoms with Crippen molar-refractivity contribution in [3.63, 3.8) is 0 Å². The molecule has 1 aliphatic heterocycles. The summed E-state index contributed by atoms with van der Waals surface area (Å²) in [5, 5.41) is 3.03. The summed E-state index contributed by atoms with van der Waals surface area (Å²) in [5.74, 6) is 2.24. The minimum Gasteiger partial charge on any atom is -0.493 e. The molecular weight excluding hydrogens is 374 g/mol. The Morgan fingerprint density at radius 1 is 1.18 bits per heavy atom. The van der Waals surface area contributed by atoms with Crippen molar-refractivity contribution in [1.82, 2.24) is 5.32 Å². The Kier molecular flexibility index (Phi) is 7.62. The third-order valence-electron chi connectivity index (χ3n) is 4.73. The van der Waals surface area contributed by atoms with Crippen LogP contribution in [-0.2, 0) is 11.2 Å². The topological polar surface area (TPSA) is 56.8 Å². The van der Waals surface area contributed by atoms with Crippen LogP contribution in [0.4, 0.5) is 0 Å². The number of hydrogen-bond donors (Lipinski definition) is 1. The zero-order valence-electron chi connectivity index (χ0n) is 16.4. The summed E-state index contributed by atoms with van der Waals surface area (Å²) in [6.45, 7) is 1.41. The first-order chi connectivity index (χ1) is 13.7. The van der Waals surface area contributed by atoms with Gasteiger partial charge in [-0.2, -0.15) is 0 Å². The molecule has 0 aliphatic carbocycles. The maximum atomic E-state index is 12.7. The van der Waals surface area contributed by atoms with Gasteiger partial charge in [0.25, 0.3) is 5.91 Å². The van der Waals surface area contributed by atoms with Crippen LogP contribution in [0.2, 0.25) is 0 Å². The lowest BCUT2D eigenvalue weighted by molar-refractivity contribution is 0.0951. The summed E-state index contributed by atoms with van der Waals surface area (Å²) in [6, 6.07) is 13.6. The maximum Gasteiger partial charge on any atom is 0.252 e. The molecule has 1 atom stereocenters. The molecule has 1 saturated heterocycles. The number of thioether (sulfide) groups is 1. The van der Waals surface area contributed by atoms with E-state index in [0.29, 0.717) is 24.1 Å². The summed E-state index contributed by atoms with van der Waals surface area (Å²) in [5.41, 5.74) is 1.80. The van der Waals surface area contributed by atoms with Crippen molar-refractivity contribution in [1.29, 1.82) is 0 Å². The zero-order valence-corrected chi connectivity index (χ0v) is 17.2. The molecule has 150 valence electrons. The van der Waals surface area contributed by atoms with Gasteiger partial charge in [0.1, 0.15) is 0 Å². The van der Waals surface area contributed by atoms with Crippen molar-refractivity contribution in [3.05, 3.63) is 53.6 Å². The van der Waals surface area contributed by atoms with E-state index < -0.39 is 0 Å². The number of methoxy groups -OCH3 is 2. The minimum atomic E-state index is -0.0454. The summed E-state index contributed by atoms with van der Waals surface area (Å²) in [4.78, 5) is 13.7. The van der Waals surface area contributed by atoms with Gasteiger partial charge in [-0.25, -0.2) is 0 Å². The van der Waals surface area contributed by atoms with E-state index in [4.69, 9.17) is 14.2 Å². The van der Waals surface area contributed by atoms with E-state index in [9.17, 15) is 4.79 Å². The second-order valence-electron chi connectivity index (χ2n) is 6.64. The van der Waals surface area contributed by atoms with E-state index in [0.717, 1.165) is 47.6 Å². The van der Waals surface area contributed by atoms with Crippen molar-refractivity contribution >= 4 is 17.7 Å². The summed E-state index contributed by atoms with van der Waals surface area (Å²) in [6.07, 6.45) is 3.25. The normalized spacial score (nSPS) is 16.0. The van der Waals surface area contributed by atoms with Gasteiger partial charge in [-0.3, -0.25) is 4.79 Å². The van der Waals surface area contributed by atoms with E-state index in [2.05, 4.69) is 5.32 Å². The molecule has 28 heavy (non-hydrogen) atoms. The lowest BCUT2D eigenvalue weighted by Gasteiger charge is -2.13. The standard InChI is InChI=1S/C22H27NO4S/c1-25-19-10-9-16(14-20(19)26-2)11-12-23-22(24)18-7-3-4-8-21(18)28-15-17-6-5-13-27-17/h3-4,7-10,14,17H,5-6,11-13,15H2,1-2H3,(H,23,24)/t17-/m1/s1. The molecule has 2 aromatic rings. The van der Waals surface area contributed by atoms with Crippen LogP contribution in [0.5, 0.6) is 11.5 Å². The first-order valence-electron chi connectivity index (χ1n) is 9.54. The number of nitrogens with one attached hydrogen (secondary N) is 1. The fraction of sp³-hybridized carbons (Fsp3) is 0.409. The molecule has 0 saturated carbocycles. The van der Waals surface area contributed by atoms with Crippen molar-refractivity contribution in [2.24, 2.45) is 0 Å². The van der Waals surface area contributed by atoms with Gasteiger partial charge in [-0.1, -0.05) is 18.2 Å². The van der Waals surface area contributed by atoms with Gasteiger partial charge in [0.05, 0.1) is 25.9 Å². The van der Waals surface area contributed by atoms with Gasteiger partial charge < -0.3 is 19.5 Å². The first-order valence-corrected chi connectivity index (χ1v) is 10.5. The van der Waals surface area contributed by atoms with Crippen LogP contribution in [0.1, 0.15) is 28.8 Å². The highest BCUT2D eigenvalue weighted by molar-refractivity contribution is 7.99. The van der Waals surface area contributed by atoms with Gasteiger partial charge in [0.15, 0.2) is 11.5 Å². The molecule has 0 aromatic heterocycles. The summed E-state index contributed by atoms with van der Waals surface area (Å²) in [7, 11) is 3.24. The number of carbonyl (C=O) groups is 1. The van der Waals surface area contributed by atoms with E-state index in [-0.39, 0.29) is 5.91 Å². The Morgan fingerprint density at radius 2 is 2.00 bits per heavy atom. The highest BCUT2D eigenvalue weighted by atomic mass is 32.2. The highest BCUT2D eigenvalue weighted by Crippen LogP contribution is 2.28. The molecule has 1 N–H and O–H groups in total. The molecular formula is C22H27NO4S. The van der Waals surface area contributed by atoms with Gasteiger partial charge in [-0.05, 0) is 49.1 Å². The summed E-state index contributed by atoms with van der Waals surface area (Å²) >= 11 is 1.70. The quantitative estimate of drug-likeness (QED) is 0.645. The van der Waals surface area contributed by atoms with Crippen LogP contribution in [0.3, 0.4) is 0 Å².